The fraction of sp³-hybridized carbons (Fsp3) is 0.517. The lowest BCUT2D eigenvalue weighted by Crippen LogP contribution is -2.51. The summed E-state index contributed by atoms with van der Waals surface area (Å²) in [6.07, 6.45) is -8.35. The normalized spacial score (nSPS) is 21.6. The van der Waals surface area contributed by atoms with Crippen molar-refractivity contribution < 1.29 is 40.3 Å². The molecule has 1 aliphatic carbocycles. The summed E-state index contributed by atoms with van der Waals surface area (Å²) in [5, 5.41) is 2.28. The van der Waals surface area contributed by atoms with Crippen LogP contribution in [0.5, 0.6) is 0 Å². The van der Waals surface area contributed by atoms with Gasteiger partial charge < -0.3 is 10.2 Å². The Morgan fingerprint density at radius 3 is 2.07 bits per heavy atom. The molecular formula is C29H32F7N3O2. The van der Waals surface area contributed by atoms with E-state index in [-0.39, 0.29) is 25.7 Å². The lowest BCUT2D eigenvalue weighted by molar-refractivity contribution is -0.143. The van der Waals surface area contributed by atoms with Crippen molar-refractivity contribution in [2.45, 2.75) is 46.0 Å². The van der Waals surface area contributed by atoms with Gasteiger partial charge in [-0.2, -0.15) is 26.3 Å². The summed E-state index contributed by atoms with van der Waals surface area (Å²) in [5.74, 6) is -2.03. The molecule has 2 fully saturated rings. The van der Waals surface area contributed by atoms with Crippen LogP contribution in [0.2, 0.25) is 0 Å². The largest absolute Gasteiger partial charge is 0.416 e. The van der Waals surface area contributed by atoms with Gasteiger partial charge in [0.2, 0.25) is 11.8 Å². The van der Waals surface area contributed by atoms with Gasteiger partial charge in [0.25, 0.3) is 0 Å². The molecule has 2 atom stereocenters. The van der Waals surface area contributed by atoms with E-state index in [0.717, 1.165) is 24.0 Å². The number of rotatable bonds is 9. The highest BCUT2D eigenvalue weighted by atomic mass is 19.4. The number of hydrogen-bond acceptors (Lipinski definition) is 3. The molecule has 224 valence electrons. The first-order chi connectivity index (χ1) is 19.1. The van der Waals surface area contributed by atoms with Crippen molar-refractivity contribution >= 4 is 23.2 Å². The predicted molar refractivity (Wildman–Crippen MR) is 140 cm³/mol. The molecule has 2 aromatic carbocycles. The molecule has 4 rings (SSSR count). The number of alkyl halides is 7. The molecule has 0 aromatic heterocycles. The molecule has 1 N–H and O–H groups in total. The van der Waals surface area contributed by atoms with Gasteiger partial charge in [-0.05, 0) is 61.9 Å². The highest BCUT2D eigenvalue weighted by Gasteiger charge is 2.56. The lowest BCUT2D eigenvalue weighted by atomic mass is 9.77. The number of carbonyl (C=O) groups excluding carboxylic acids is 2. The van der Waals surface area contributed by atoms with Crippen LogP contribution in [0.3, 0.4) is 0 Å². The topological polar surface area (TPSA) is 52.6 Å². The Morgan fingerprint density at radius 2 is 1.59 bits per heavy atom. The minimum Gasteiger partial charge on any atom is -0.325 e. The first-order valence-electron chi connectivity index (χ1n) is 13.3. The zero-order chi connectivity index (χ0) is 30.3. The molecule has 1 saturated heterocycles. The number of para-hydroxylation sites is 1. The van der Waals surface area contributed by atoms with E-state index in [1.54, 1.807) is 30.9 Å². The van der Waals surface area contributed by atoms with Crippen LogP contribution in [-0.2, 0) is 21.9 Å². The minimum absolute atomic E-state index is 0.0194. The first kappa shape index (κ1) is 30.8. The Kier molecular flexibility index (Phi) is 8.46. The Labute approximate surface area is 233 Å². The van der Waals surface area contributed by atoms with E-state index >= 15 is 0 Å². The average molecular weight is 588 g/mol. The van der Waals surface area contributed by atoms with Gasteiger partial charge in [0.1, 0.15) is 6.67 Å². The van der Waals surface area contributed by atoms with Crippen LogP contribution in [0.1, 0.15) is 42.0 Å². The molecule has 41 heavy (non-hydrogen) atoms. The highest BCUT2D eigenvalue weighted by Crippen LogP contribution is 2.44. The monoisotopic (exact) mass is 587 g/mol. The van der Waals surface area contributed by atoms with Crippen LogP contribution in [0.15, 0.2) is 36.4 Å². The quantitative estimate of drug-likeness (QED) is 0.335. The number of amides is 2. The Hall–Kier alpha value is -3.15. The van der Waals surface area contributed by atoms with E-state index in [4.69, 9.17) is 0 Å². The van der Waals surface area contributed by atoms with Crippen LogP contribution in [0, 0.1) is 31.1 Å². The van der Waals surface area contributed by atoms with Crippen molar-refractivity contribution in [3.63, 3.8) is 0 Å². The zero-order valence-corrected chi connectivity index (χ0v) is 22.9. The zero-order valence-electron chi connectivity index (χ0n) is 22.9. The summed E-state index contributed by atoms with van der Waals surface area (Å²) in [6, 6.07) is 6.26. The molecule has 1 saturated carbocycles. The van der Waals surface area contributed by atoms with Crippen molar-refractivity contribution in [1.29, 1.82) is 0 Å². The first-order valence-corrected chi connectivity index (χ1v) is 13.3. The summed E-state index contributed by atoms with van der Waals surface area (Å²) in [5.41, 5.74) is -3.34. The van der Waals surface area contributed by atoms with E-state index in [1.165, 1.54) is 11.8 Å². The maximum atomic E-state index is 14.0. The van der Waals surface area contributed by atoms with Gasteiger partial charge >= 0.3 is 12.4 Å². The number of halogens is 7. The van der Waals surface area contributed by atoms with Crippen molar-refractivity contribution in [2.75, 3.05) is 43.1 Å². The molecule has 0 spiro atoms. The second-order valence-electron chi connectivity index (χ2n) is 11.2. The molecule has 1 heterocycles. The van der Waals surface area contributed by atoms with Crippen molar-refractivity contribution in [1.82, 2.24) is 4.90 Å². The molecular weight excluding hydrogens is 555 g/mol. The summed E-state index contributed by atoms with van der Waals surface area (Å²) in [7, 11) is 0. The van der Waals surface area contributed by atoms with E-state index < -0.39 is 59.0 Å². The SMILES string of the molecule is Cc1cccc(C)c1N1C[C@@](CN(CCF)CC2CC2)(C(=O)Nc2cc(C(F)(F)F)cc(C(F)(F)F)c2)[C@H](C)C1=O. The molecule has 12 heteroatoms. The Morgan fingerprint density at radius 1 is 1.02 bits per heavy atom. The minimum atomic E-state index is -5.10. The standard InChI is InChI=1S/C29H32F7N3O2/c1-17-5-4-6-18(2)24(17)39-16-27(19(3)25(39)40,15-38(10-9-30)14-20-7-8-20)26(41)37-23-12-21(28(31,32)33)11-22(13-23)29(34,35)36/h4-6,11-13,19-20H,7-10,14-16H2,1-3H3,(H,37,41)/t19-,27-/m1/s1. The Bertz CT molecular complexity index is 1250. The van der Waals surface area contributed by atoms with E-state index in [1.807, 2.05) is 6.07 Å². The molecule has 0 radical (unpaired) electrons. The van der Waals surface area contributed by atoms with Crippen LogP contribution < -0.4 is 10.2 Å². The lowest BCUT2D eigenvalue weighted by Gasteiger charge is -2.36. The molecule has 2 aromatic rings. The third kappa shape index (κ3) is 6.52. The number of nitrogens with zero attached hydrogens (tertiary/aromatic N) is 2. The van der Waals surface area contributed by atoms with Crippen molar-refractivity contribution in [3.8, 4) is 0 Å². The van der Waals surface area contributed by atoms with Gasteiger partial charge in [0, 0.05) is 37.6 Å². The maximum Gasteiger partial charge on any atom is 0.416 e. The van der Waals surface area contributed by atoms with Crippen LogP contribution in [0.25, 0.3) is 0 Å². The van der Waals surface area contributed by atoms with E-state index in [9.17, 15) is 40.3 Å². The third-order valence-electron chi connectivity index (χ3n) is 8.03. The van der Waals surface area contributed by atoms with Gasteiger partial charge in [-0.3, -0.25) is 14.5 Å². The van der Waals surface area contributed by atoms with Gasteiger partial charge in [0.05, 0.1) is 22.5 Å². The Balaban J connectivity index is 1.78. The molecule has 2 aliphatic rings. The van der Waals surface area contributed by atoms with Crippen molar-refractivity contribution in [3.05, 3.63) is 58.7 Å². The van der Waals surface area contributed by atoms with Gasteiger partial charge in [-0.25, -0.2) is 4.39 Å². The van der Waals surface area contributed by atoms with Crippen LogP contribution >= 0.6 is 0 Å². The summed E-state index contributed by atoms with van der Waals surface area (Å²) < 4.78 is 94.5. The second-order valence-corrected chi connectivity index (χ2v) is 11.2. The summed E-state index contributed by atoms with van der Waals surface area (Å²) >= 11 is 0. The van der Waals surface area contributed by atoms with Gasteiger partial charge in [0.15, 0.2) is 0 Å². The number of nitrogens with one attached hydrogen (secondary N) is 1. The van der Waals surface area contributed by atoms with E-state index in [2.05, 4.69) is 5.32 Å². The maximum absolute atomic E-state index is 14.0. The average Bonchev–Trinajstić information content (AvgIpc) is 3.65. The van der Waals surface area contributed by atoms with Gasteiger partial charge in [-0.1, -0.05) is 25.1 Å². The molecule has 0 unspecified atom stereocenters. The number of benzene rings is 2. The van der Waals surface area contributed by atoms with E-state index in [0.29, 0.717) is 30.3 Å². The molecule has 1 aliphatic heterocycles. The molecule has 5 nitrogen and oxygen atoms in total. The number of carbonyl (C=O) groups is 2. The number of anilines is 2. The van der Waals surface area contributed by atoms with Crippen LogP contribution in [-0.4, -0.2) is 49.6 Å². The third-order valence-corrected chi connectivity index (χ3v) is 8.03. The van der Waals surface area contributed by atoms with Crippen LogP contribution in [0.4, 0.5) is 42.1 Å². The summed E-state index contributed by atoms with van der Waals surface area (Å²) in [4.78, 5) is 30.9. The fourth-order valence-corrected chi connectivity index (χ4v) is 5.62. The predicted octanol–water partition coefficient (Wildman–Crippen LogP) is 6.63. The number of hydrogen-bond donors (Lipinski definition) is 1. The number of aryl methyl sites for hydroxylation is 2. The van der Waals surface area contributed by atoms with Gasteiger partial charge in [-0.15, -0.1) is 0 Å². The molecule has 2 amide bonds. The van der Waals surface area contributed by atoms with Crippen molar-refractivity contribution in [2.24, 2.45) is 17.3 Å². The smallest absolute Gasteiger partial charge is 0.325 e. The highest BCUT2D eigenvalue weighted by molar-refractivity contribution is 6.08. The fourth-order valence-electron chi connectivity index (χ4n) is 5.62. The summed E-state index contributed by atoms with van der Waals surface area (Å²) in [6.45, 7) is 4.54. The second kappa shape index (κ2) is 11.3. The molecule has 0 bridgehead atoms.